The van der Waals surface area contributed by atoms with Gasteiger partial charge in [0, 0.05) is 24.5 Å². The summed E-state index contributed by atoms with van der Waals surface area (Å²) >= 11 is 6.02. The standard InChI is InChI=1S/C12H12ClN3/c1-2-16-9-10(8-15-16)7-14-12-6-4-3-5-11(12)13/h2-6,8-9,14H,1,7H2. The van der Waals surface area contributed by atoms with E-state index in [2.05, 4.69) is 17.0 Å². The summed E-state index contributed by atoms with van der Waals surface area (Å²) in [4.78, 5) is 0. The highest BCUT2D eigenvalue weighted by atomic mass is 35.5. The van der Waals surface area contributed by atoms with Crippen LogP contribution < -0.4 is 5.32 Å². The Bertz CT molecular complexity index is 491. The second-order valence-electron chi connectivity index (χ2n) is 3.34. The molecule has 0 aliphatic rings. The first-order valence-electron chi connectivity index (χ1n) is 4.93. The lowest BCUT2D eigenvalue weighted by molar-refractivity contribution is 0.936. The third-order valence-electron chi connectivity index (χ3n) is 2.20. The van der Waals surface area contributed by atoms with Crippen LogP contribution >= 0.6 is 11.6 Å². The Labute approximate surface area is 99.4 Å². The van der Waals surface area contributed by atoms with Gasteiger partial charge in [-0.25, -0.2) is 4.68 Å². The van der Waals surface area contributed by atoms with Crippen molar-refractivity contribution in [2.75, 3.05) is 5.32 Å². The summed E-state index contributed by atoms with van der Waals surface area (Å²) in [6.45, 7) is 4.33. The van der Waals surface area contributed by atoms with Crippen LogP contribution in [0.2, 0.25) is 5.02 Å². The fourth-order valence-corrected chi connectivity index (χ4v) is 1.57. The molecule has 0 aliphatic heterocycles. The minimum absolute atomic E-state index is 0.692. The zero-order valence-electron chi connectivity index (χ0n) is 8.73. The Morgan fingerprint density at radius 3 is 2.94 bits per heavy atom. The second-order valence-corrected chi connectivity index (χ2v) is 3.75. The number of nitrogens with one attached hydrogen (secondary N) is 1. The van der Waals surface area contributed by atoms with Gasteiger partial charge in [0.1, 0.15) is 0 Å². The maximum Gasteiger partial charge on any atom is 0.0637 e. The molecule has 0 bridgehead atoms. The number of para-hydroxylation sites is 1. The molecule has 0 saturated heterocycles. The molecule has 0 saturated carbocycles. The van der Waals surface area contributed by atoms with E-state index in [4.69, 9.17) is 11.6 Å². The van der Waals surface area contributed by atoms with E-state index < -0.39 is 0 Å². The molecular weight excluding hydrogens is 222 g/mol. The van der Waals surface area contributed by atoms with Crippen LogP contribution in [-0.4, -0.2) is 9.78 Å². The number of nitrogens with zero attached hydrogens (tertiary/aromatic N) is 2. The van der Waals surface area contributed by atoms with Gasteiger partial charge in [-0.05, 0) is 12.1 Å². The minimum Gasteiger partial charge on any atom is -0.380 e. The Balaban J connectivity index is 2.02. The van der Waals surface area contributed by atoms with Gasteiger partial charge in [0.15, 0.2) is 0 Å². The van der Waals surface area contributed by atoms with Crippen molar-refractivity contribution < 1.29 is 0 Å². The van der Waals surface area contributed by atoms with Crippen LogP contribution in [0.15, 0.2) is 43.2 Å². The average molecular weight is 234 g/mol. The van der Waals surface area contributed by atoms with Crippen molar-refractivity contribution in [2.24, 2.45) is 0 Å². The van der Waals surface area contributed by atoms with Crippen LogP contribution in [0.25, 0.3) is 6.20 Å². The molecule has 2 rings (SSSR count). The summed E-state index contributed by atoms with van der Waals surface area (Å²) in [6.07, 6.45) is 5.36. The molecule has 2 aromatic rings. The lowest BCUT2D eigenvalue weighted by atomic mass is 10.3. The predicted octanol–water partition coefficient (Wildman–Crippen LogP) is 3.25. The lowest BCUT2D eigenvalue weighted by Gasteiger charge is -2.05. The molecular formula is C12H12ClN3. The normalized spacial score (nSPS) is 10.1. The highest BCUT2D eigenvalue weighted by Crippen LogP contribution is 2.20. The molecule has 1 heterocycles. The van der Waals surface area contributed by atoms with Crippen LogP contribution in [0, 0.1) is 0 Å². The second kappa shape index (κ2) is 4.86. The van der Waals surface area contributed by atoms with E-state index in [-0.39, 0.29) is 0 Å². The third-order valence-corrected chi connectivity index (χ3v) is 2.53. The minimum atomic E-state index is 0.692. The van der Waals surface area contributed by atoms with Crippen LogP contribution in [0.4, 0.5) is 5.69 Å². The van der Waals surface area contributed by atoms with Gasteiger partial charge in [-0.3, -0.25) is 0 Å². The van der Waals surface area contributed by atoms with Gasteiger partial charge >= 0.3 is 0 Å². The van der Waals surface area contributed by atoms with Crippen molar-refractivity contribution in [3.8, 4) is 0 Å². The molecule has 0 aliphatic carbocycles. The molecule has 0 amide bonds. The van der Waals surface area contributed by atoms with Gasteiger partial charge in [0.25, 0.3) is 0 Å². The van der Waals surface area contributed by atoms with Crippen molar-refractivity contribution in [1.82, 2.24) is 9.78 Å². The number of anilines is 1. The Morgan fingerprint density at radius 2 is 2.25 bits per heavy atom. The first-order chi connectivity index (χ1) is 7.79. The van der Waals surface area contributed by atoms with Crippen molar-refractivity contribution in [3.63, 3.8) is 0 Å². The Hall–Kier alpha value is -1.74. The summed E-state index contributed by atoms with van der Waals surface area (Å²) in [6, 6.07) is 7.65. The van der Waals surface area contributed by atoms with Gasteiger partial charge < -0.3 is 5.32 Å². The van der Waals surface area contributed by atoms with E-state index in [1.807, 2.05) is 30.5 Å². The summed E-state index contributed by atoms with van der Waals surface area (Å²) in [5, 5.41) is 8.06. The van der Waals surface area contributed by atoms with Crippen molar-refractivity contribution in [2.45, 2.75) is 6.54 Å². The lowest BCUT2D eigenvalue weighted by Crippen LogP contribution is -1.98. The zero-order chi connectivity index (χ0) is 11.4. The van der Waals surface area contributed by atoms with Crippen LogP contribution in [0.3, 0.4) is 0 Å². The summed E-state index contributed by atoms with van der Waals surface area (Å²) in [5.74, 6) is 0. The average Bonchev–Trinajstić information content (AvgIpc) is 2.76. The molecule has 0 fully saturated rings. The topological polar surface area (TPSA) is 29.9 Å². The predicted molar refractivity (Wildman–Crippen MR) is 67.4 cm³/mol. The molecule has 0 spiro atoms. The fraction of sp³-hybridized carbons (Fsp3) is 0.0833. The molecule has 1 N–H and O–H groups in total. The molecule has 82 valence electrons. The number of aromatic nitrogens is 2. The first-order valence-corrected chi connectivity index (χ1v) is 5.31. The molecule has 0 unspecified atom stereocenters. The quantitative estimate of drug-likeness (QED) is 0.879. The van der Waals surface area contributed by atoms with Crippen molar-refractivity contribution in [3.05, 3.63) is 53.8 Å². The first kappa shape index (κ1) is 10.8. The molecule has 3 nitrogen and oxygen atoms in total. The van der Waals surface area contributed by atoms with E-state index in [9.17, 15) is 0 Å². The molecule has 0 atom stereocenters. The fourth-order valence-electron chi connectivity index (χ4n) is 1.37. The third kappa shape index (κ3) is 2.44. The number of benzene rings is 1. The van der Waals surface area contributed by atoms with Crippen LogP contribution in [0.1, 0.15) is 5.56 Å². The number of rotatable bonds is 4. The Kier molecular flexibility index (Phi) is 3.27. The molecule has 1 aromatic heterocycles. The largest absolute Gasteiger partial charge is 0.380 e. The van der Waals surface area contributed by atoms with Gasteiger partial charge in [-0.2, -0.15) is 5.10 Å². The summed E-state index contributed by atoms with van der Waals surface area (Å²) in [5.41, 5.74) is 2.01. The van der Waals surface area contributed by atoms with Crippen molar-refractivity contribution >= 4 is 23.5 Å². The molecule has 0 radical (unpaired) electrons. The Morgan fingerprint density at radius 1 is 1.44 bits per heavy atom. The summed E-state index contributed by atoms with van der Waals surface area (Å²) < 4.78 is 1.67. The number of hydrogen-bond donors (Lipinski definition) is 1. The molecule has 16 heavy (non-hydrogen) atoms. The van der Waals surface area contributed by atoms with Crippen LogP contribution in [0.5, 0.6) is 0 Å². The molecule has 1 aromatic carbocycles. The maximum atomic E-state index is 6.02. The van der Waals surface area contributed by atoms with Crippen molar-refractivity contribution in [1.29, 1.82) is 0 Å². The van der Waals surface area contributed by atoms with Gasteiger partial charge in [-0.15, -0.1) is 0 Å². The highest BCUT2D eigenvalue weighted by Gasteiger charge is 1.99. The summed E-state index contributed by atoms with van der Waals surface area (Å²) in [7, 11) is 0. The van der Waals surface area contributed by atoms with Crippen LogP contribution in [-0.2, 0) is 6.54 Å². The van der Waals surface area contributed by atoms with E-state index in [0.29, 0.717) is 6.54 Å². The van der Waals surface area contributed by atoms with Gasteiger partial charge in [0.2, 0.25) is 0 Å². The SMILES string of the molecule is C=Cn1cc(CNc2ccccc2Cl)cn1. The maximum absolute atomic E-state index is 6.02. The smallest absolute Gasteiger partial charge is 0.0637 e. The highest BCUT2D eigenvalue weighted by molar-refractivity contribution is 6.33. The van der Waals surface area contributed by atoms with Gasteiger partial charge in [0.05, 0.1) is 16.9 Å². The van der Waals surface area contributed by atoms with E-state index in [0.717, 1.165) is 16.3 Å². The number of hydrogen-bond acceptors (Lipinski definition) is 2. The monoisotopic (exact) mass is 233 g/mol. The van der Waals surface area contributed by atoms with E-state index in [1.165, 1.54) is 0 Å². The molecule has 4 heteroatoms. The van der Waals surface area contributed by atoms with E-state index >= 15 is 0 Å². The van der Waals surface area contributed by atoms with Gasteiger partial charge in [-0.1, -0.05) is 30.3 Å². The van der Waals surface area contributed by atoms with E-state index in [1.54, 1.807) is 17.1 Å². The number of halogens is 1. The zero-order valence-corrected chi connectivity index (χ0v) is 9.48.